The van der Waals surface area contributed by atoms with Gasteiger partial charge in [0.2, 0.25) is 5.91 Å². The van der Waals surface area contributed by atoms with Crippen molar-refractivity contribution in [1.29, 1.82) is 0 Å². The minimum absolute atomic E-state index is 0.0450. The summed E-state index contributed by atoms with van der Waals surface area (Å²) in [4.78, 5) is 13.6. The number of hydrogen-bond acceptors (Lipinski definition) is 2. The van der Waals surface area contributed by atoms with E-state index in [-0.39, 0.29) is 18.4 Å². The van der Waals surface area contributed by atoms with Gasteiger partial charge in [-0.2, -0.15) is 0 Å². The van der Waals surface area contributed by atoms with E-state index in [2.05, 4.69) is 0 Å². The molecule has 1 aromatic rings. The molecule has 1 unspecified atom stereocenters. The Morgan fingerprint density at radius 2 is 2.10 bits per heavy atom. The van der Waals surface area contributed by atoms with Crippen molar-refractivity contribution in [3.63, 3.8) is 0 Å². The SMILES string of the molecule is CC(C)(O)CN1CC(c2cccc(F)c2F)CCCC1=O. The highest BCUT2D eigenvalue weighted by atomic mass is 19.2. The van der Waals surface area contributed by atoms with Gasteiger partial charge in [-0.1, -0.05) is 12.1 Å². The van der Waals surface area contributed by atoms with E-state index in [1.807, 2.05) is 0 Å². The average Bonchev–Trinajstić information content (AvgIpc) is 2.54. The number of amides is 1. The van der Waals surface area contributed by atoms with E-state index in [1.165, 1.54) is 6.07 Å². The number of benzene rings is 1. The molecule has 21 heavy (non-hydrogen) atoms. The van der Waals surface area contributed by atoms with E-state index >= 15 is 0 Å². The summed E-state index contributed by atoms with van der Waals surface area (Å²) in [5.41, 5.74) is -0.698. The Kier molecular flexibility index (Phi) is 4.61. The molecule has 1 saturated heterocycles. The van der Waals surface area contributed by atoms with E-state index in [4.69, 9.17) is 0 Å². The lowest BCUT2D eigenvalue weighted by molar-refractivity contribution is -0.133. The van der Waals surface area contributed by atoms with Gasteiger partial charge in [-0.25, -0.2) is 8.78 Å². The maximum Gasteiger partial charge on any atom is 0.222 e. The van der Waals surface area contributed by atoms with Gasteiger partial charge in [0.15, 0.2) is 11.6 Å². The first-order chi connectivity index (χ1) is 9.78. The molecule has 1 N–H and O–H groups in total. The van der Waals surface area contributed by atoms with Crippen molar-refractivity contribution in [3.05, 3.63) is 35.4 Å². The van der Waals surface area contributed by atoms with Crippen molar-refractivity contribution in [2.45, 2.75) is 44.6 Å². The van der Waals surface area contributed by atoms with Crippen LogP contribution >= 0.6 is 0 Å². The summed E-state index contributed by atoms with van der Waals surface area (Å²) in [5, 5.41) is 9.91. The summed E-state index contributed by atoms with van der Waals surface area (Å²) in [6.07, 6.45) is 1.65. The van der Waals surface area contributed by atoms with E-state index < -0.39 is 17.2 Å². The number of aliphatic hydroxyl groups is 1. The van der Waals surface area contributed by atoms with E-state index in [0.717, 1.165) is 6.07 Å². The van der Waals surface area contributed by atoms with Crippen molar-refractivity contribution < 1.29 is 18.7 Å². The zero-order chi connectivity index (χ0) is 15.6. The Labute approximate surface area is 123 Å². The second-order valence-corrected chi connectivity index (χ2v) is 6.32. The largest absolute Gasteiger partial charge is 0.389 e. The number of carbonyl (C=O) groups is 1. The van der Waals surface area contributed by atoms with Crippen molar-refractivity contribution in [2.75, 3.05) is 13.1 Å². The third-order valence-corrected chi connectivity index (χ3v) is 3.74. The standard InChI is InChI=1S/C16H21F2NO2/c1-16(2,21)10-19-9-11(5-3-8-14(19)20)12-6-4-7-13(17)15(12)18/h4,6-7,11,21H,3,5,8-10H2,1-2H3. The maximum absolute atomic E-state index is 14.0. The Bertz CT molecular complexity index is 525. The van der Waals surface area contributed by atoms with Crippen LogP contribution in [0.5, 0.6) is 0 Å². The first-order valence-electron chi connectivity index (χ1n) is 7.22. The molecule has 3 nitrogen and oxygen atoms in total. The van der Waals surface area contributed by atoms with Crippen LogP contribution in [0.1, 0.15) is 44.6 Å². The topological polar surface area (TPSA) is 40.5 Å². The molecule has 0 aliphatic carbocycles. The third kappa shape index (κ3) is 4.00. The molecule has 1 aliphatic rings. The number of halogens is 2. The fourth-order valence-corrected chi connectivity index (χ4v) is 2.83. The van der Waals surface area contributed by atoms with Crippen molar-refractivity contribution in [3.8, 4) is 0 Å². The van der Waals surface area contributed by atoms with Gasteiger partial charge in [-0.05, 0) is 38.3 Å². The van der Waals surface area contributed by atoms with Crippen LogP contribution < -0.4 is 0 Å². The van der Waals surface area contributed by atoms with Crippen molar-refractivity contribution in [1.82, 2.24) is 4.90 Å². The lowest BCUT2D eigenvalue weighted by atomic mass is 9.93. The van der Waals surface area contributed by atoms with Crippen LogP contribution in [0, 0.1) is 11.6 Å². The van der Waals surface area contributed by atoms with Crippen molar-refractivity contribution >= 4 is 5.91 Å². The molecule has 5 heteroatoms. The maximum atomic E-state index is 14.0. The van der Waals surface area contributed by atoms with Gasteiger partial charge in [0.25, 0.3) is 0 Å². The summed E-state index contributed by atoms with van der Waals surface area (Å²) in [6.45, 7) is 3.76. The Hall–Kier alpha value is -1.49. The molecule has 1 aromatic carbocycles. The zero-order valence-corrected chi connectivity index (χ0v) is 12.4. The summed E-state index contributed by atoms with van der Waals surface area (Å²) >= 11 is 0. The molecule has 0 spiro atoms. The van der Waals surface area contributed by atoms with Crippen LogP contribution in [-0.2, 0) is 4.79 Å². The summed E-state index contributed by atoms with van der Waals surface area (Å²) in [5.74, 6) is -1.98. The van der Waals surface area contributed by atoms with Gasteiger partial charge in [0.05, 0.1) is 5.60 Å². The molecule has 0 saturated carbocycles. The zero-order valence-electron chi connectivity index (χ0n) is 12.4. The molecular formula is C16H21F2NO2. The van der Waals surface area contributed by atoms with Crippen LogP contribution in [0.25, 0.3) is 0 Å². The monoisotopic (exact) mass is 297 g/mol. The Morgan fingerprint density at radius 3 is 2.76 bits per heavy atom. The summed E-state index contributed by atoms with van der Waals surface area (Å²) < 4.78 is 27.3. The first-order valence-corrected chi connectivity index (χ1v) is 7.22. The quantitative estimate of drug-likeness (QED) is 0.932. The molecule has 1 aliphatic heterocycles. The lowest BCUT2D eigenvalue weighted by Crippen LogP contribution is -2.43. The van der Waals surface area contributed by atoms with Crippen LogP contribution in [0.3, 0.4) is 0 Å². The smallest absolute Gasteiger partial charge is 0.222 e. The summed E-state index contributed by atoms with van der Waals surface area (Å²) in [6, 6.07) is 4.15. The minimum atomic E-state index is -1.01. The van der Waals surface area contributed by atoms with Crippen LogP contribution in [-0.4, -0.2) is 34.6 Å². The predicted molar refractivity (Wildman–Crippen MR) is 75.8 cm³/mol. The molecule has 1 atom stereocenters. The van der Waals surface area contributed by atoms with Gasteiger partial charge >= 0.3 is 0 Å². The highest BCUT2D eigenvalue weighted by molar-refractivity contribution is 5.76. The number of hydrogen-bond donors (Lipinski definition) is 1. The number of likely N-dealkylation sites (tertiary alicyclic amines) is 1. The molecule has 116 valence electrons. The van der Waals surface area contributed by atoms with E-state index in [1.54, 1.807) is 24.8 Å². The number of carbonyl (C=O) groups excluding carboxylic acids is 1. The number of β-amino-alcohol motifs (C(OH)–C–C–N with tert-alkyl or cyclic N) is 1. The highest BCUT2D eigenvalue weighted by Crippen LogP contribution is 2.30. The summed E-state index contributed by atoms with van der Waals surface area (Å²) in [7, 11) is 0. The second kappa shape index (κ2) is 6.10. The molecule has 0 bridgehead atoms. The normalized spacial score (nSPS) is 20.5. The molecule has 0 aromatic heterocycles. The van der Waals surface area contributed by atoms with Crippen LogP contribution in [0.4, 0.5) is 8.78 Å². The predicted octanol–water partition coefficient (Wildman–Crippen LogP) is 2.83. The Balaban J connectivity index is 2.24. The lowest BCUT2D eigenvalue weighted by Gasteiger charge is -2.30. The van der Waals surface area contributed by atoms with Crippen LogP contribution in [0.2, 0.25) is 0 Å². The fourth-order valence-electron chi connectivity index (χ4n) is 2.83. The van der Waals surface area contributed by atoms with Gasteiger partial charge in [0, 0.05) is 25.4 Å². The third-order valence-electron chi connectivity index (χ3n) is 3.74. The Morgan fingerprint density at radius 1 is 1.38 bits per heavy atom. The molecule has 1 fully saturated rings. The van der Waals surface area contributed by atoms with E-state index in [9.17, 15) is 18.7 Å². The van der Waals surface area contributed by atoms with Gasteiger partial charge in [0.1, 0.15) is 0 Å². The second-order valence-electron chi connectivity index (χ2n) is 6.32. The van der Waals surface area contributed by atoms with E-state index in [0.29, 0.717) is 31.4 Å². The fraction of sp³-hybridized carbons (Fsp3) is 0.562. The number of nitrogens with zero attached hydrogens (tertiary/aromatic N) is 1. The first kappa shape index (κ1) is 15.9. The van der Waals surface area contributed by atoms with Crippen LogP contribution in [0.15, 0.2) is 18.2 Å². The molecular weight excluding hydrogens is 276 g/mol. The minimum Gasteiger partial charge on any atom is -0.389 e. The van der Waals surface area contributed by atoms with Gasteiger partial charge in [-0.3, -0.25) is 4.79 Å². The average molecular weight is 297 g/mol. The molecule has 0 radical (unpaired) electrons. The van der Waals surface area contributed by atoms with Gasteiger partial charge < -0.3 is 10.0 Å². The number of rotatable bonds is 3. The molecule has 1 amide bonds. The van der Waals surface area contributed by atoms with Crippen molar-refractivity contribution in [2.24, 2.45) is 0 Å². The molecule has 2 rings (SSSR count). The highest BCUT2D eigenvalue weighted by Gasteiger charge is 2.29. The molecule has 1 heterocycles. The van der Waals surface area contributed by atoms with Gasteiger partial charge in [-0.15, -0.1) is 0 Å².